The molecule has 1 unspecified atom stereocenters. The molecule has 1 amide bonds. The molecule has 2 aromatic carbocycles. The second-order valence-electron chi connectivity index (χ2n) is 5.16. The van der Waals surface area contributed by atoms with Crippen molar-refractivity contribution in [2.45, 2.75) is 19.9 Å². The Labute approximate surface area is 139 Å². The summed E-state index contributed by atoms with van der Waals surface area (Å²) in [5.74, 6) is -0.301. The Morgan fingerprint density at radius 1 is 1.22 bits per heavy atom. The molecule has 6 heteroatoms. The fourth-order valence-corrected chi connectivity index (χ4v) is 2.23. The second kappa shape index (κ2) is 7.33. The summed E-state index contributed by atoms with van der Waals surface area (Å²) < 4.78 is 18.3. The molecule has 2 N–H and O–H groups in total. The van der Waals surface area contributed by atoms with Crippen molar-refractivity contribution in [3.8, 4) is 5.75 Å². The largest absolute Gasteiger partial charge is 0.494 e. The van der Waals surface area contributed by atoms with Gasteiger partial charge in [-0.25, -0.2) is 4.39 Å². The molecule has 0 saturated carbocycles. The number of halogens is 2. The van der Waals surface area contributed by atoms with E-state index in [1.165, 1.54) is 25.3 Å². The average molecular weight is 337 g/mol. The van der Waals surface area contributed by atoms with Gasteiger partial charge in [-0.05, 0) is 43.7 Å². The Hall–Kier alpha value is -2.27. The molecule has 2 aromatic rings. The van der Waals surface area contributed by atoms with E-state index in [1.807, 2.05) is 13.0 Å². The number of benzene rings is 2. The van der Waals surface area contributed by atoms with Crippen molar-refractivity contribution >= 4 is 28.9 Å². The van der Waals surface area contributed by atoms with Gasteiger partial charge in [0.2, 0.25) is 5.91 Å². The van der Waals surface area contributed by atoms with Crippen molar-refractivity contribution in [1.82, 2.24) is 0 Å². The van der Waals surface area contributed by atoms with Gasteiger partial charge in [0.05, 0.1) is 12.8 Å². The zero-order valence-electron chi connectivity index (χ0n) is 13.1. The lowest BCUT2D eigenvalue weighted by atomic mass is 10.2. The lowest BCUT2D eigenvalue weighted by molar-refractivity contribution is -0.116. The van der Waals surface area contributed by atoms with Gasteiger partial charge in [-0.15, -0.1) is 0 Å². The molecule has 4 nitrogen and oxygen atoms in total. The molecule has 0 spiro atoms. The van der Waals surface area contributed by atoms with Crippen LogP contribution in [0.2, 0.25) is 5.02 Å². The van der Waals surface area contributed by atoms with Crippen LogP contribution in [0.5, 0.6) is 5.75 Å². The molecule has 0 aliphatic rings. The number of hydrogen-bond donors (Lipinski definition) is 2. The van der Waals surface area contributed by atoms with Gasteiger partial charge in [-0.1, -0.05) is 17.7 Å². The Balaban J connectivity index is 2.10. The van der Waals surface area contributed by atoms with Gasteiger partial charge in [-0.2, -0.15) is 0 Å². The summed E-state index contributed by atoms with van der Waals surface area (Å²) in [6, 6.07) is 8.83. The molecular formula is C17H18ClFN2O2. The van der Waals surface area contributed by atoms with Crippen molar-refractivity contribution in [2.24, 2.45) is 0 Å². The summed E-state index contributed by atoms with van der Waals surface area (Å²) in [5.41, 5.74) is 2.11. The van der Waals surface area contributed by atoms with Gasteiger partial charge in [0, 0.05) is 16.8 Å². The van der Waals surface area contributed by atoms with Crippen LogP contribution in [0, 0.1) is 12.7 Å². The van der Waals surface area contributed by atoms with Crippen LogP contribution < -0.4 is 15.4 Å². The molecule has 122 valence electrons. The van der Waals surface area contributed by atoms with Crippen molar-refractivity contribution in [1.29, 1.82) is 0 Å². The van der Waals surface area contributed by atoms with Crippen molar-refractivity contribution in [2.75, 3.05) is 17.7 Å². The molecule has 0 radical (unpaired) electrons. The average Bonchev–Trinajstić information content (AvgIpc) is 2.52. The topological polar surface area (TPSA) is 50.4 Å². The predicted molar refractivity (Wildman–Crippen MR) is 90.9 cm³/mol. The van der Waals surface area contributed by atoms with Gasteiger partial charge in [0.15, 0.2) is 0 Å². The minimum Gasteiger partial charge on any atom is -0.494 e. The Kier molecular flexibility index (Phi) is 5.45. The van der Waals surface area contributed by atoms with E-state index < -0.39 is 11.9 Å². The Morgan fingerprint density at radius 2 is 1.96 bits per heavy atom. The van der Waals surface area contributed by atoms with Crippen LogP contribution >= 0.6 is 11.6 Å². The third kappa shape index (κ3) is 4.36. The molecule has 1 atom stereocenters. The SMILES string of the molecule is COc1cc(F)ccc1NC(C)C(=O)Nc1cc(Cl)ccc1C. The highest BCUT2D eigenvalue weighted by Crippen LogP contribution is 2.26. The predicted octanol–water partition coefficient (Wildman–Crippen LogP) is 4.24. The molecule has 0 aliphatic carbocycles. The maximum atomic E-state index is 13.2. The third-order valence-corrected chi connectivity index (χ3v) is 3.62. The summed E-state index contributed by atoms with van der Waals surface area (Å²) in [5, 5.41) is 6.37. The minimum absolute atomic E-state index is 0.234. The minimum atomic E-state index is -0.548. The standard InChI is InChI=1S/C17H18ClFN2O2/c1-10-4-5-12(18)8-15(10)21-17(22)11(2)20-14-7-6-13(19)9-16(14)23-3/h4-9,11,20H,1-3H3,(H,21,22). The van der Waals surface area contributed by atoms with Crippen LogP contribution in [0.3, 0.4) is 0 Å². The smallest absolute Gasteiger partial charge is 0.246 e. The first-order chi connectivity index (χ1) is 10.9. The molecule has 0 aromatic heterocycles. The highest BCUT2D eigenvalue weighted by atomic mass is 35.5. The van der Waals surface area contributed by atoms with Gasteiger partial charge in [-0.3, -0.25) is 4.79 Å². The number of amides is 1. The quantitative estimate of drug-likeness (QED) is 0.858. The maximum Gasteiger partial charge on any atom is 0.246 e. The lowest BCUT2D eigenvalue weighted by Gasteiger charge is -2.18. The van der Waals surface area contributed by atoms with Gasteiger partial charge in [0.25, 0.3) is 0 Å². The fraction of sp³-hybridized carbons (Fsp3) is 0.235. The third-order valence-electron chi connectivity index (χ3n) is 3.39. The van der Waals surface area contributed by atoms with E-state index in [0.717, 1.165) is 5.56 Å². The summed E-state index contributed by atoms with van der Waals surface area (Å²) in [6.07, 6.45) is 0. The monoisotopic (exact) mass is 336 g/mol. The van der Waals surface area contributed by atoms with E-state index >= 15 is 0 Å². The fourth-order valence-electron chi connectivity index (χ4n) is 2.05. The Morgan fingerprint density at radius 3 is 2.65 bits per heavy atom. The zero-order valence-corrected chi connectivity index (χ0v) is 13.9. The first kappa shape index (κ1) is 17.1. The number of nitrogens with one attached hydrogen (secondary N) is 2. The second-order valence-corrected chi connectivity index (χ2v) is 5.60. The number of carbonyl (C=O) groups excluding carboxylic acids is 1. The number of hydrogen-bond acceptors (Lipinski definition) is 3. The van der Waals surface area contributed by atoms with Gasteiger partial charge in [0.1, 0.15) is 17.6 Å². The maximum absolute atomic E-state index is 13.2. The van der Waals surface area contributed by atoms with Crippen LogP contribution in [0.4, 0.5) is 15.8 Å². The van der Waals surface area contributed by atoms with E-state index in [-0.39, 0.29) is 5.91 Å². The number of anilines is 2. The van der Waals surface area contributed by atoms with Crippen LogP contribution in [0.1, 0.15) is 12.5 Å². The molecule has 0 bridgehead atoms. The summed E-state index contributed by atoms with van der Waals surface area (Å²) >= 11 is 5.95. The van der Waals surface area contributed by atoms with E-state index in [9.17, 15) is 9.18 Å². The number of ether oxygens (including phenoxy) is 1. The Bertz CT molecular complexity index is 722. The summed E-state index contributed by atoms with van der Waals surface area (Å²) in [7, 11) is 1.44. The number of carbonyl (C=O) groups is 1. The molecule has 0 saturated heterocycles. The van der Waals surface area contributed by atoms with E-state index in [0.29, 0.717) is 22.1 Å². The number of rotatable bonds is 5. The highest BCUT2D eigenvalue weighted by Gasteiger charge is 2.16. The van der Waals surface area contributed by atoms with Gasteiger partial charge >= 0.3 is 0 Å². The first-order valence-electron chi connectivity index (χ1n) is 7.08. The van der Waals surface area contributed by atoms with Crippen LogP contribution in [0.15, 0.2) is 36.4 Å². The molecule has 0 fully saturated rings. The van der Waals surface area contributed by atoms with Crippen LogP contribution in [-0.4, -0.2) is 19.1 Å². The molecule has 0 aliphatic heterocycles. The normalized spacial score (nSPS) is 11.7. The zero-order chi connectivity index (χ0) is 17.0. The van der Waals surface area contributed by atoms with Gasteiger partial charge < -0.3 is 15.4 Å². The molecule has 23 heavy (non-hydrogen) atoms. The number of aryl methyl sites for hydroxylation is 1. The van der Waals surface area contributed by atoms with E-state index in [4.69, 9.17) is 16.3 Å². The highest BCUT2D eigenvalue weighted by molar-refractivity contribution is 6.31. The summed E-state index contributed by atoms with van der Waals surface area (Å²) in [4.78, 5) is 12.3. The molecule has 0 heterocycles. The molecule has 2 rings (SSSR count). The van der Waals surface area contributed by atoms with Crippen molar-refractivity contribution < 1.29 is 13.9 Å². The van der Waals surface area contributed by atoms with Crippen molar-refractivity contribution in [3.05, 3.63) is 52.8 Å². The number of methoxy groups -OCH3 is 1. The van der Waals surface area contributed by atoms with E-state index in [1.54, 1.807) is 19.1 Å². The molecular weight excluding hydrogens is 319 g/mol. The lowest BCUT2D eigenvalue weighted by Crippen LogP contribution is -2.32. The summed E-state index contributed by atoms with van der Waals surface area (Å²) in [6.45, 7) is 3.59. The van der Waals surface area contributed by atoms with Crippen LogP contribution in [0.25, 0.3) is 0 Å². The van der Waals surface area contributed by atoms with Crippen LogP contribution in [-0.2, 0) is 4.79 Å². The van der Waals surface area contributed by atoms with E-state index in [2.05, 4.69) is 10.6 Å². The van der Waals surface area contributed by atoms with Crippen molar-refractivity contribution in [3.63, 3.8) is 0 Å². The first-order valence-corrected chi connectivity index (χ1v) is 7.45.